The summed E-state index contributed by atoms with van der Waals surface area (Å²) >= 11 is 1.38. The number of ether oxygens (including phenoxy) is 1. The Labute approximate surface area is 157 Å². The van der Waals surface area contributed by atoms with E-state index >= 15 is 0 Å². The highest BCUT2D eigenvalue weighted by molar-refractivity contribution is 7.16. The van der Waals surface area contributed by atoms with Crippen molar-refractivity contribution in [1.82, 2.24) is 4.90 Å². The van der Waals surface area contributed by atoms with Gasteiger partial charge < -0.3 is 15.0 Å². The van der Waals surface area contributed by atoms with Gasteiger partial charge >= 0.3 is 5.97 Å². The van der Waals surface area contributed by atoms with Crippen LogP contribution in [-0.4, -0.2) is 42.4 Å². The van der Waals surface area contributed by atoms with Crippen LogP contribution < -0.4 is 5.32 Å². The summed E-state index contributed by atoms with van der Waals surface area (Å²) in [4.78, 5) is 39.7. The Bertz CT molecular complexity index is 701. The topological polar surface area (TPSA) is 75.7 Å². The van der Waals surface area contributed by atoms with E-state index in [1.807, 2.05) is 13.8 Å². The lowest BCUT2D eigenvalue weighted by molar-refractivity contribution is -0.134. The van der Waals surface area contributed by atoms with Gasteiger partial charge in [0, 0.05) is 23.9 Å². The standard InChI is InChI=1S/C19H26N2O4S/c1-12-13(2)26-18(20-17(23)14-7-8-14)16(12)19(24)25-11-15(22)21-9-5-3-4-6-10-21/h14H,3-11H2,1-2H3,(H,20,23). The molecule has 1 aliphatic heterocycles. The molecular weight excluding hydrogens is 352 g/mol. The van der Waals surface area contributed by atoms with Crippen molar-refractivity contribution in [1.29, 1.82) is 0 Å². The Kier molecular flexibility index (Phi) is 5.96. The molecule has 26 heavy (non-hydrogen) atoms. The Morgan fingerprint density at radius 1 is 1.12 bits per heavy atom. The van der Waals surface area contributed by atoms with Gasteiger partial charge in [0.15, 0.2) is 6.61 Å². The van der Waals surface area contributed by atoms with Gasteiger partial charge in [-0.2, -0.15) is 0 Å². The van der Waals surface area contributed by atoms with Crippen molar-refractivity contribution < 1.29 is 19.1 Å². The molecule has 0 atom stereocenters. The molecule has 0 unspecified atom stereocenters. The highest BCUT2D eigenvalue weighted by atomic mass is 32.1. The van der Waals surface area contributed by atoms with Crippen molar-refractivity contribution in [3.8, 4) is 0 Å². The first-order valence-corrected chi connectivity index (χ1v) is 10.1. The largest absolute Gasteiger partial charge is 0.452 e. The minimum absolute atomic E-state index is 0.0408. The number of carbonyl (C=O) groups excluding carboxylic acids is 3. The zero-order valence-corrected chi connectivity index (χ0v) is 16.2. The number of anilines is 1. The van der Waals surface area contributed by atoms with Gasteiger partial charge in [-0.3, -0.25) is 9.59 Å². The SMILES string of the molecule is Cc1sc(NC(=O)C2CC2)c(C(=O)OCC(=O)N2CCCCCC2)c1C. The van der Waals surface area contributed by atoms with Gasteiger partial charge in [-0.25, -0.2) is 4.79 Å². The van der Waals surface area contributed by atoms with Crippen molar-refractivity contribution in [3.05, 3.63) is 16.0 Å². The predicted octanol–water partition coefficient (Wildman–Crippen LogP) is 3.27. The second-order valence-corrected chi connectivity index (χ2v) is 8.35. The van der Waals surface area contributed by atoms with Crippen LogP contribution >= 0.6 is 11.3 Å². The Balaban J connectivity index is 1.63. The zero-order valence-electron chi connectivity index (χ0n) is 15.4. The van der Waals surface area contributed by atoms with E-state index < -0.39 is 5.97 Å². The van der Waals surface area contributed by atoms with Crippen molar-refractivity contribution in [2.45, 2.75) is 52.4 Å². The van der Waals surface area contributed by atoms with E-state index in [4.69, 9.17) is 4.74 Å². The molecular formula is C19H26N2O4S. The molecule has 2 aliphatic rings. The fourth-order valence-electron chi connectivity index (χ4n) is 3.13. The minimum Gasteiger partial charge on any atom is -0.452 e. The smallest absolute Gasteiger partial charge is 0.341 e. The van der Waals surface area contributed by atoms with Gasteiger partial charge in [0.1, 0.15) is 5.00 Å². The normalized spacial score (nSPS) is 17.5. The number of amides is 2. The van der Waals surface area contributed by atoms with E-state index in [0.29, 0.717) is 10.6 Å². The Morgan fingerprint density at radius 3 is 2.38 bits per heavy atom. The second-order valence-electron chi connectivity index (χ2n) is 7.12. The first kappa shape index (κ1) is 18.9. The van der Waals surface area contributed by atoms with E-state index in [1.165, 1.54) is 11.3 Å². The lowest BCUT2D eigenvalue weighted by Crippen LogP contribution is -2.35. The number of esters is 1. The van der Waals surface area contributed by atoms with Crippen LogP contribution in [0.15, 0.2) is 0 Å². The first-order valence-electron chi connectivity index (χ1n) is 9.33. The van der Waals surface area contributed by atoms with Crippen molar-refractivity contribution >= 4 is 34.1 Å². The summed E-state index contributed by atoms with van der Waals surface area (Å²) in [5.41, 5.74) is 1.18. The van der Waals surface area contributed by atoms with Crippen molar-refractivity contribution in [2.75, 3.05) is 25.0 Å². The molecule has 2 heterocycles. The molecule has 7 heteroatoms. The molecule has 142 valence electrons. The number of rotatable bonds is 5. The minimum atomic E-state index is -0.541. The molecule has 6 nitrogen and oxygen atoms in total. The third kappa shape index (κ3) is 4.44. The summed E-state index contributed by atoms with van der Waals surface area (Å²) in [7, 11) is 0. The van der Waals surface area contributed by atoms with Gasteiger partial charge in [-0.15, -0.1) is 11.3 Å². The molecule has 0 aromatic carbocycles. The van der Waals surface area contributed by atoms with Crippen LogP contribution in [-0.2, 0) is 14.3 Å². The average Bonchev–Trinajstić information content (AvgIpc) is 3.43. The summed E-state index contributed by atoms with van der Waals surface area (Å²) < 4.78 is 5.30. The van der Waals surface area contributed by atoms with E-state index in [-0.39, 0.29) is 24.3 Å². The number of nitrogens with zero attached hydrogens (tertiary/aromatic N) is 1. The lowest BCUT2D eigenvalue weighted by Gasteiger charge is -2.20. The predicted molar refractivity (Wildman–Crippen MR) is 100 cm³/mol. The van der Waals surface area contributed by atoms with E-state index in [2.05, 4.69) is 5.32 Å². The maximum Gasteiger partial charge on any atom is 0.341 e. The van der Waals surface area contributed by atoms with Gasteiger partial charge in [0.05, 0.1) is 5.56 Å². The molecule has 1 N–H and O–H groups in total. The van der Waals surface area contributed by atoms with E-state index in [1.54, 1.807) is 4.90 Å². The second kappa shape index (κ2) is 8.20. The van der Waals surface area contributed by atoms with Gasteiger partial charge in [-0.1, -0.05) is 12.8 Å². The number of nitrogens with one attached hydrogen (secondary N) is 1. The fraction of sp³-hybridized carbons (Fsp3) is 0.632. The van der Waals surface area contributed by atoms with E-state index in [0.717, 1.165) is 62.1 Å². The average molecular weight is 378 g/mol. The van der Waals surface area contributed by atoms with Gasteiger partial charge in [0.25, 0.3) is 5.91 Å². The zero-order chi connectivity index (χ0) is 18.7. The van der Waals surface area contributed by atoms with Gasteiger partial charge in [-0.05, 0) is 45.1 Å². The molecule has 1 saturated heterocycles. The Hall–Kier alpha value is -1.89. The molecule has 1 saturated carbocycles. The number of hydrogen-bond acceptors (Lipinski definition) is 5. The van der Waals surface area contributed by atoms with Gasteiger partial charge in [0.2, 0.25) is 5.91 Å². The molecule has 0 radical (unpaired) electrons. The molecule has 1 aliphatic carbocycles. The third-order valence-corrected chi connectivity index (χ3v) is 6.18. The first-order chi connectivity index (χ1) is 12.5. The van der Waals surface area contributed by atoms with Crippen molar-refractivity contribution in [2.24, 2.45) is 5.92 Å². The number of aryl methyl sites for hydroxylation is 1. The van der Waals surface area contributed by atoms with Crippen LogP contribution in [0.4, 0.5) is 5.00 Å². The Morgan fingerprint density at radius 2 is 1.77 bits per heavy atom. The molecule has 2 fully saturated rings. The summed E-state index contributed by atoms with van der Waals surface area (Å²) in [5.74, 6) is -0.665. The molecule has 3 rings (SSSR count). The van der Waals surface area contributed by atoms with E-state index in [9.17, 15) is 14.4 Å². The molecule has 2 amide bonds. The highest BCUT2D eigenvalue weighted by Crippen LogP contribution is 2.36. The number of thiophene rings is 1. The van der Waals surface area contributed by atoms with Crippen LogP contribution in [0.2, 0.25) is 0 Å². The quantitative estimate of drug-likeness (QED) is 0.798. The monoisotopic (exact) mass is 378 g/mol. The molecule has 0 spiro atoms. The summed E-state index contributed by atoms with van der Waals surface area (Å²) in [6, 6.07) is 0. The van der Waals surface area contributed by atoms with Crippen molar-refractivity contribution in [3.63, 3.8) is 0 Å². The number of hydrogen-bond donors (Lipinski definition) is 1. The number of likely N-dealkylation sites (tertiary alicyclic amines) is 1. The summed E-state index contributed by atoms with van der Waals surface area (Å²) in [6.45, 7) is 4.96. The molecule has 1 aromatic rings. The molecule has 1 aromatic heterocycles. The fourth-order valence-corrected chi connectivity index (χ4v) is 4.18. The number of carbonyl (C=O) groups is 3. The summed E-state index contributed by atoms with van der Waals surface area (Å²) in [5, 5.41) is 3.39. The van der Waals surface area contributed by atoms with Crippen LogP contribution in [0.1, 0.15) is 59.3 Å². The maximum atomic E-state index is 12.6. The van der Waals surface area contributed by atoms with Crippen LogP contribution in [0.25, 0.3) is 0 Å². The van der Waals surface area contributed by atoms with Crippen LogP contribution in [0.5, 0.6) is 0 Å². The van der Waals surface area contributed by atoms with Crippen LogP contribution in [0.3, 0.4) is 0 Å². The lowest BCUT2D eigenvalue weighted by atomic mass is 10.1. The van der Waals surface area contributed by atoms with Crippen LogP contribution in [0, 0.1) is 19.8 Å². The highest BCUT2D eigenvalue weighted by Gasteiger charge is 2.32. The molecule has 0 bridgehead atoms. The summed E-state index contributed by atoms with van der Waals surface area (Å²) in [6.07, 6.45) is 6.08. The maximum absolute atomic E-state index is 12.6. The third-order valence-electron chi connectivity index (χ3n) is 5.06.